The van der Waals surface area contributed by atoms with E-state index in [2.05, 4.69) is 11.1 Å². The number of fused-ring (bicyclic) bond motifs is 1. The van der Waals surface area contributed by atoms with Gasteiger partial charge in [-0.1, -0.05) is 11.6 Å². The van der Waals surface area contributed by atoms with Crippen LogP contribution in [-0.4, -0.2) is 53.3 Å². The van der Waals surface area contributed by atoms with Crippen molar-refractivity contribution in [1.82, 2.24) is 9.88 Å². The van der Waals surface area contributed by atoms with E-state index < -0.39 is 6.10 Å². The Kier molecular flexibility index (Phi) is 4.33. The van der Waals surface area contributed by atoms with Gasteiger partial charge in [0.05, 0.1) is 30.4 Å². The van der Waals surface area contributed by atoms with Crippen molar-refractivity contribution in [2.24, 2.45) is 0 Å². The molecular weight excluding hydrogens is 292 g/mol. The van der Waals surface area contributed by atoms with Gasteiger partial charge in [0, 0.05) is 24.2 Å². The summed E-state index contributed by atoms with van der Waals surface area (Å²) in [5.74, 6) is -0.0740. The number of carbonyl (C=O) groups is 1. The molecule has 1 aliphatic heterocycles. The number of hydrogen-bond donors (Lipinski definition) is 1. The predicted octanol–water partition coefficient (Wildman–Crippen LogP) is 1.99. The number of aliphatic hydroxyl groups is 1. The Hall–Kier alpha value is -1.98. The van der Waals surface area contributed by atoms with Crippen LogP contribution < -0.4 is 0 Å². The summed E-state index contributed by atoms with van der Waals surface area (Å²) in [7, 11) is 0. The number of amides is 1. The standard InChI is InChI=1S/C18H22N2O3/c1-11-6-12(2)17-15(7-11)16(8-13(3)19-17)18(22)20-4-5-23-10-14(21)9-20/h6-8,14,21H,4-5,9-10H2,1-3H3/t14-/m0/s1. The van der Waals surface area contributed by atoms with Crippen molar-refractivity contribution in [2.45, 2.75) is 26.9 Å². The van der Waals surface area contributed by atoms with Crippen LogP contribution in [0, 0.1) is 20.8 Å². The Balaban J connectivity index is 2.09. The molecule has 0 saturated carbocycles. The van der Waals surface area contributed by atoms with Gasteiger partial charge >= 0.3 is 0 Å². The second kappa shape index (κ2) is 6.26. The maximum absolute atomic E-state index is 13.0. The highest BCUT2D eigenvalue weighted by atomic mass is 16.5. The molecule has 2 aromatic rings. The van der Waals surface area contributed by atoms with Crippen molar-refractivity contribution in [3.63, 3.8) is 0 Å². The lowest BCUT2D eigenvalue weighted by atomic mass is 10.0. The van der Waals surface area contributed by atoms with Crippen LogP contribution in [0.1, 0.15) is 27.2 Å². The molecule has 0 radical (unpaired) electrons. The predicted molar refractivity (Wildman–Crippen MR) is 88.7 cm³/mol. The molecule has 1 aliphatic rings. The van der Waals surface area contributed by atoms with Crippen LogP contribution in [0.4, 0.5) is 0 Å². The largest absolute Gasteiger partial charge is 0.389 e. The number of β-amino-alcohol motifs (C(OH)–C–C–N with tert-alkyl or cyclic N) is 1. The van der Waals surface area contributed by atoms with Crippen LogP contribution in [0.25, 0.3) is 10.9 Å². The minimum atomic E-state index is -0.640. The number of nitrogens with zero attached hydrogens (tertiary/aromatic N) is 2. The number of rotatable bonds is 1. The SMILES string of the molecule is Cc1cc(C)c2nc(C)cc(C(=O)N3CCOC[C@@H](O)C3)c2c1. The zero-order valence-corrected chi connectivity index (χ0v) is 13.8. The number of pyridine rings is 1. The third-order valence-electron chi connectivity index (χ3n) is 4.14. The average molecular weight is 314 g/mol. The van der Waals surface area contributed by atoms with Gasteiger partial charge in [-0.15, -0.1) is 0 Å². The lowest BCUT2D eigenvalue weighted by Crippen LogP contribution is -2.37. The summed E-state index contributed by atoms with van der Waals surface area (Å²) in [6, 6.07) is 5.92. The fraction of sp³-hybridized carbons (Fsp3) is 0.444. The number of aromatic nitrogens is 1. The number of ether oxygens (including phenoxy) is 1. The molecule has 1 aromatic carbocycles. The minimum Gasteiger partial charge on any atom is -0.389 e. The van der Waals surface area contributed by atoms with E-state index in [1.807, 2.05) is 32.9 Å². The van der Waals surface area contributed by atoms with Crippen molar-refractivity contribution < 1.29 is 14.6 Å². The van der Waals surface area contributed by atoms with E-state index in [1.165, 1.54) is 0 Å². The maximum atomic E-state index is 13.0. The first-order chi connectivity index (χ1) is 11.0. The second-order valence-corrected chi connectivity index (χ2v) is 6.27. The van der Waals surface area contributed by atoms with Crippen LogP contribution >= 0.6 is 0 Å². The molecule has 1 fully saturated rings. The van der Waals surface area contributed by atoms with Gasteiger partial charge in [-0.25, -0.2) is 0 Å². The van der Waals surface area contributed by atoms with E-state index in [9.17, 15) is 9.90 Å². The van der Waals surface area contributed by atoms with Gasteiger partial charge < -0.3 is 14.7 Å². The van der Waals surface area contributed by atoms with Crippen molar-refractivity contribution in [3.05, 3.63) is 40.6 Å². The molecular formula is C18H22N2O3. The van der Waals surface area contributed by atoms with Gasteiger partial charge in [-0.05, 0) is 38.5 Å². The van der Waals surface area contributed by atoms with E-state index in [0.717, 1.165) is 27.7 Å². The van der Waals surface area contributed by atoms with Crippen molar-refractivity contribution in [3.8, 4) is 0 Å². The zero-order valence-electron chi connectivity index (χ0n) is 13.8. The van der Waals surface area contributed by atoms with Gasteiger partial charge in [0.15, 0.2) is 0 Å². The molecule has 0 aliphatic carbocycles. The molecule has 5 heteroatoms. The first-order valence-corrected chi connectivity index (χ1v) is 7.89. The van der Waals surface area contributed by atoms with Crippen LogP contribution in [0.5, 0.6) is 0 Å². The highest BCUT2D eigenvalue weighted by Crippen LogP contribution is 2.25. The monoisotopic (exact) mass is 314 g/mol. The molecule has 23 heavy (non-hydrogen) atoms. The molecule has 3 rings (SSSR count). The fourth-order valence-electron chi connectivity index (χ4n) is 3.13. The first kappa shape index (κ1) is 15.9. The molecule has 122 valence electrons. The maximum Gasteiger partial charge on any atom is 0.254 e. The molecule has 1 aromatic heterocycles. The molecule has 1 amide bonds. The van der Waals surface area contributed by atoms with E-state index in [0.29, 0.717) is 25.3 Å². The highest BCUT2D eigenvalue weighted by molar-refractivity contribution is 6.07. The second-order valence-electron chi connectivity index (χ2n) is 6.27. The van der Waals surface area contributed by atoms with Crippen molar-refractivity contribution in [2.75, 3.05) is 26.3 Å². The summed E-state index contributed by atoms with van der Waals surface area (Å²) in [5, 5.41) is 10.8. The molecule has 1 atom stereocenters. The summed E-state index contributed by atoms with van der Waals surface area (Å²) in [6.45, 7) is 7.44. The van der Waals surface area contributed by atoms with Crippen LogP contribution in [-0.2, 0) is 4.74 Å². The van der Waals surface area contributed by atoms with Gasteiger partial charge in [0.2, 0.25) is 0 Å². The van der Waals surface area contributed by atoms with Crippen LogP contribution in [0.2, 0.25) is 0 Å². The number of carbonyl (C=O) groups excluding carboxylic acids is 1. The quantitative estimate of drug-likeness (QED) is 0.874. The molecule has 2 heterocycles. The number of aryl methyl sites for hydroxylation is 3. The Morgan fingerprint density at radius 3 is 2.87 bits per heavy atom. The Labute approximate surface area is 135 Å². The minimum absolute atomic E-state index is 0.0740. The van der Waals surface area contributed by atoms with Gasteiger partial charge in [-0.2, -0.15) is 0 Å². The third kappa shape index (κ3) is 3.21. The Morgan fingerprint density at radius 1 is 1.30 bits per heavy atom. The Morgan fingerprint density at radius 2 is 2.09 bits per heavy atom. The van der Waals surface area contributed by atoms with Gasteiger partial charge in [0.1, 0.15) is 0 Å². The van der Waals surface area contributed by atoms with Gasteiger partial charge in [-0.3, -0.25) is 9.78 Å². The molecule has 0 unspecified atom stereocenters. The zero-order chi connectivity index (χ0) is 16.6. The normalized spacial score (nSPS) is 19.0. The van der Waals surface area contributed by atoms with E-state index in [1.54, 1.807) is 4.90 Å². The summed E-state index contributed by atoms with van der Waals surface area (Å²) >= 11 is 0. The van der Waals surface area contributed by atoms with E-state index in [-0.39, 0.29) is 12.5 Å². The molecule has 5 nitrogen and oxygen atoms in total. The Bertz CT molecular complexity index is 758. The van der Waals surface area contributed by atoms with Crippen LogP contribution in [0.15, 0.2) is 18.2 Å². The van der Waals surface area contributed by atoms with Gasteiger partial charge in [0.25, 0.3) is 5.91 Å². The van der Waals surface area contributed by atoms with Crippen LogP contribution in [0.3, 0.4) is 0 Å². The summed E-state index contributed by atoms with van der Waals surface area (Å²) in [6.07, 6.45) is -0.640. The lowest BCUT2D eigenvalue weighted by molar-refractivity contribution is 0.0535. The fourth-order valence-corrected chi connectivity index (χ4v) is 3.13. The molecule has 0 spiro atoms. The lowest BCUT2D eigenvalue weighted by Gasteiger charge is -2.22. The summed E-state index contributed by atoms with van der Waals surface area (Å²) in [5.41, 5.74) is 4.50. The molecule has 1 N–H and O–H groups in total. The highest BCUT2D eigenvalue weighted by Gasteiger charge is 2.24. The third-order valence-corrected chi connectivity index (χ3v) is 4.14. The topological polar surface area (TPSA) is 62.7 Å². The van der Waals surface area contributed by atoms with Crippen molar-refractivity contribution >= 4 is 16.8 Å². The molecule has 0 bridgehead atoms. The number of hydrogen-bond acceptors (Lipinski definition) is 4. The molecule has 1 saturated heterocycles. The average Bonchev–Trinajstić information content (AvgIpc) is 2.71. The summed E-state index contributed by atoms with van der Waals surface area (Å²) < 4.78 is 5.32. The van der Waals surface area contributed by atoms with Crippen molar-refractivity contribution in [1.29, 1.82) is 0 Å². The number of aliphatic hydroxyl groups excluding tert-OH is 1. The summed E-state index contributed by atoms with van der Waals surface area (Å²) in [4.78, 5) is 19.3. The first-order valence-electron chi connectivity index (χ1n) is 7.89. The smallest absolute Gasteiger partial charge is 0.254 e. The van der Waals surface area contributed by atoms with E-state index in [4.69, 9.17) is 4.74 Å². The van der Waals surface area contributed by atoms with E-state index >= 15 is 0 Å². The number of benzene rings is 1.